The molecule has 3 unspecified atom stereocenters. The zero-order valence-electron chi connectivity index (χ0n) is 11.3. The van der Waals surface area contributed by atoms with Crippen molar-refractivity contribution in [3.05, 3.63) is 16.4 Å². The minimum Gasteiger partial charge on any atom is -0.316 e. The van der Waals surface area contributed by atoms with E-state index >= 15 is 0 Å². The zero-order chi connectivity index (χ0) is 12.9. The molecule has 100 valence electrons. The van der Waals surface area contributed by atoms with Crippen LogP contribution in [0.5, 0.6) is 0 Å². The van der Waals surface area contributed by atoms with Gasteiger partial charge in [0.1, 0.15) is 0 Å². The van der Waals surface area contributed by atoms with Gasteiger partial charge in [0.25, 0.3) is 0 Å². The lowest BCUT2D eigenvalue weighted by Gasteiger charge is -2.24. The predicted molar refractivity (Wildman–Crippen MR) is 72.7 cm³/mol. The minimum absolute atomic E-state index is 0.635. The van der Waals surface area contributed by atoms with Crippen molar-refractivity contribution in [2.45, 2.75) is 26.4 Å². The van der Waals surface area contributed by atoms with E-state index in [1.807, 2.05) is 18.7 Å². The number of likely N-dealkylation sites (tertiary alicyclic amines) is 1. The maximum Gasteiger partial charge on any atom is 0.0860 e. The molecule has 0 aromatic carbocycles. The van der Waals surface area contributed by atoms with E-state index in [4.69, 9.17) is 11.6 Å². The van der Waals surface area contributed by atoms with Gasteiger partial charge in [0.2, 0.25) is 0 Å². The Hall–Kier alpha value is -0.580. The highest BCUT2D eigenvalue weighted by Crippen LogP contribution is 2.34. The molecule has 2 saturated heterocycles. The number of halogens is 1. The first kappa shape index (κ1) is 12.5. The van der Waals surface area contributed by atoms with Crippen molar-refractivity contribution >= 4 is 11.6 Å². The summed E-state index contributed by atoms with van der Waals surface area (Å²) < 4.78 is 1.93. The van der Waals surface area contributed by atoms with Gasteiger partial charge in [-0.15, -0.1) is 0 Å². The number of nitrogens with zero attached hydrogens (tertiary/aromatic N) is 3. The quantitative estimate of drug-likeness (QED) is 0.881. The number of rotatable bonds is 2. The molecule has 2 aliphatic rings. The van der Waals surface area contributed by atoms with Gasteiger partial charge < -0.3 is 5.32 Å². The van der Waals surface area contributed by atoms with E-state index in [1.54, 1.807) is 0 Å². The second-order valence-electron chi connectivity index (χ2n) is 5.72. The van der Waals surface area contributed by atoms with Crippen molar-refractivity contribution in [3.8, 4) is 0 Å². The Labute approximate surface area is 113 Å². The van der Waals surface area contributed by atoms with Crippen LogP contribution in [0.2, 0.25) is 5.02 Å². The topological polar surface area (TPSA) is 33.1 Å². The molecule has 0 radical (unpaired) electrons. The van der Waals surface area contributed by atoms with Crippen molar-refractivity contribution < 1.29 is 0 Å². The van der Waals surface area contributed by atoms with Crippen LogP contribution in [0.15, 0.2) is 0 Å². The SMILES string of the molecule is Cc1nn(C)c(CN2CC3CNCC3C2C)c1Cl. The molecule has 0 amide bonds. The van der Waals surface area contributed by atoms with Crippen molar-refractivity contribution in [3.63, 3.8) is 0 Å². The third-order valence-electron chi connectivity index (χ3n) is 4.67. The molecule has 3 heterocycles. The van der Waals surface area contributed by atoms with Crippen molar-refractivity contribution in [1.82, 2.24) is 20.0 Å². The summed E-state index contributed by atoms with van der Waals surface area (Å²) in [4.78, 5) is 2.55. The highest BCUT2D eigenvalue weighted by molar-refractivity contribution is 6.31. The van der Waals surface area contributed by atoms with Gasteiger partial charge in [-0.2, -0.15) is 5.10 Å². The molecule has 2 fully saturated rings. The molecule has 0 spiro atoms. The second kappa shape index (κ2) is 4.51. The van der Waals surface area contributed by atoms with Crippen molar-refractivity contribution in [1.29, 1.82) is 0 Å². The van der Waals surface area contributed by atoms with Crippen molar-refractivity contribution in [2.75, 3.05) is 19.6 Å². The third-order valence-corrected chi connectivity index (χ3v) is 5.16. The second-order valence-corrected chi connectivity index (χ2v) is 6.10. The maximum absolute atomic E-state index is 6.34. The van der Waals surface area contributed by atoms with Gasteiger partial charge in [0.15, 0.2) is 0 Å². The van der Waals surface area contributed by atoms with E-state index in [9.17, 15) is 0 Å². The molecule has 1 N–H and O–H groups in total. The van der Waals surface area contributed by atoms with Gasteiger partial charge in [-0.05, 0) is 38.8 Å². The minimum atomic E-state index is 0.635. The number of hydrogen-bond donors (Lipinski definition) is 1. The van der Waals surface area contributed by atoms with Gasteiger partial charge in [0.05, 0.1) is 16.4 Å². The summed E-state index contributed by atoms with van der Waals surface area (Å²) in [5, 5.41) is 8.72. The molecule has 2 aliphatic heterocycles. The monoisotopic (exact) mass is 268 g/mol. The fourth-order valence-electron chi connectivity index (χ4n) is 3.51. The molecule has 1 aromatic rings. The standard InChI is InChI=1S/C13H21ClN4/c1-8-13(14)12(17(3)16-8)7-18-6-10-4-15-5-11(10)9(18)2/h9-11,15H,4-7H2,1-3H3. The van der Waals surface area contributed by atoms with E-state index in [0.717, 1.165) is 34.8 Å². The van der Waals surface area contributed by atoms with Crippen LogP contribution in [-0.4, -0.2) is 40.4 Å². The fraction of sp³-hybridized carbons (Fsp3) is 0.769. The molecule has 3 rings (SSSR count). The van der Waals surface area contributed by atoms with Gasteiger partial charge in [-0.25, -0.2) is 0 Å². The molecule has 1 aromatic heterocycles. The first-order chi connectivity index (χ1) is 8.58. The van der Waals surface area contributed by atoms with Crippen LogP contribution in [0.4, 0.5) is 0 Å². The first-order valence-electron chi connectivity index (χ1n) is 6.70. The zero-order valence-corrected chi connectivity index (χ0v) is 12.0. The summed E-state index contributed by atoms with van der Waals surface area (Å²) in [6.07, 6.45) is 0. The Morgan fingerprint density at radius 2 is 2.22 bits per heavy atom. The molecule has 18 heavy (non-hydrogen) atoms. The van der Waals surface area contributed by atoms with E-state index in [-0.39, 0.29) is 0 Å². The maximum atomic E-state index is 6.34. The summed E-state index contributed by atoms with van der Waals surface area (Å²) in [6, 6.07) is 0.635. The van der Waals surface area contributed by atoms with Gasteiger partial charge >= 0.3 is 0 Å². The fourth-order valence-corrected chi connectivity index (χ4v) is 3.73. The number of hydrogen-bond acceptors (Lipinski definition) is 3. The Bertz CT molecular complexity index is 456. The molecule has 0 bridgehead atoms. The lowest BCUT2D eigenvalue weighted by atomic mass is 9.95. The average molecular weight is 269 g/mol. The third kappa shape index (κ3) is 1.87. The molecule has 5 heteroatoms. The Morgan fingerprint density at radius 1 is 1.44 bits per heavy atom. The van der Waals surface area contributed by atoms with Crippen LogP contribution in [0.1, 0.15) is 18.3 Å². The number of aryl methyl sites for hydroxylation is 2. The molecule has 0 aliphatic carbocycles. The lowest BCUT2D eigenvalue weighted by molar-refractivity contribution is 0.226. The summed E-state index contributed by atoms with van der Waals surface area (Å²) in [7, 11) is 1.98. The Morgan fingerprint density at radius 3 is 2.83 bits per heavy atom. The van der Waals surface area contributed by atoms with Crippen LogP contribution >= 0.6 is 11.6 Å². The Balaban J connectivity index is 1.77. The smallest absolute Gasteiger partial charge is 0.0860 e. The molecule has 4 nitrogen and oxygen atoms in total. The molecule has 3 atom stereocenters. The molecule has 0 saturated carbocycles. The predicted octanol–water partition coefficient (Wildman–Crippen LogP) is 1.42. The average Bonchev–Trinajstić information content (AvgIpc) is 2.94. The van der Waals surface area contributed by atoms with Crippen LogP contribution in [0, 0.1) is 18.8 Å². The number of fused-ring (bicyclic) bond motifs is 1. The van der Waals surface area contributed by atoms with E-state index in [1.165, 1.54) is 19.6 Å². The highest BCUT2D eigenvalue weighted by atomic mass is 35.5. The number of nitrogens with one attached hydrogen (secondary N) is 1. The first-order valence-corrected chi connectivity index (χ1v) is 7.08. The normalized spacial score (nSPS) is 32.1. The van der Waals surface area contributed by atoms with E-state index in [2.05, 4.69) is 22.2 Å². The summed E-state index contributed by atoms with van der Waals surface area (Å²) in [5.41, 5.74) is 2.08. The van der Waals surface area contributed by atoms with E-state index in [0.29, 0.717) is 6.04 Å². The highest BCUT2D eigenvalue weighted by Gasteiger charge is 2.41. The summed E-state index contributed by atoms with van der Waals surface area (Å²) >= 11 is 6.34. The van der Waals surface area contributed by atoms with Crippen LogP contribution in [0.25, 0.3) is 0 Å². The van der Waals surface area contributed by atoms with Crippen LogP contribution in [-0.2, 0) is 13.6 Å². The van der Waals surface area contributed by atoms with Crippen LogP contribution in [0.3, 0.4) is 0 Å². The molecular weight excluding hydrogens is 248 g/mol. The lowest BCUT2D eigenvalue weighted by Crippen LogP contribution is -2.33. The van der Waals surface area contributed by atoms with Gasteiger partial charge in [0, 0.05) is 26.2 Å². The number of aromatic nitrogens is 2. The molecular formula is C13H21ClN4. The summed E-state index contributed by atoms with van der Waals surface area (Å²) in [5.74, 6) is 1.62. The Kier molecular flexibility index (Phi) is 3.12. The van der Waals surface area contributed by atoms with Crippen LogP contribution < -0.4 is 5.32 Å². The van der Waals surface area contributed by atoms with Gasteiger partial charge in [-0.1, -0.05) is 11.6 Å². The van der Waals surface area contributed by atoms with E-state index < -0.39 is 0 Å². The van der Waals surface area contributed by atoms with Crippen molar-refractivity contribution in [2.24, 2.45) is 18.9 Å². The summed E-state index contributed by atoms with van der Waals surface area (Å²) in [6.45, 7) is 8.75. The van der Waals surface area contributed by atoms with Gasteiger partial charge in [-0.3, -0.25) is 9.58 Å². The largest absolute Gasteiger partial charge is 0.316 e.